The molecule has 1 amide bonds. The molecule has 7 rings (SSSR count). The Morgan fingerprint density at radius 2 is 1.76 bits per heavy atom. The Morgan fingerprint density at radius 3 is 2.39 bits per heavy atom. The van der Waals surface area contributed by atoms with Crippen molar-refractivity contribution in [1.82, 2.24) is 15.0 Å². The number of aliphatic hydroxyl groups is 1. The van der Waals surface area contributed by atoms with Gasteiger partial charge in [-0.2, -0.15) is 0 Å². The van der Waals surface area contributed by atoms with Crippen LogP contribution in [0.25, 0.3) is 0 Å². The minimum Gasteiger partial charge on any atom is -0.390 e. The van der Waals surface area contributed by atoms with Crippen LogP contribution in [-0.2, 0) is 10.0 Å². The number of hydrogen-bond donors (Lipinski definition) is 3. The van der Waals surface area contributed by atoms with E-state index in [1.54, 1.807) is 18.2 Å². The standard InChI is InChI=1S/C28H37N5O4S/c1-18-17-32(22-6-8-23(9-7-22)38(36,37)29-2)10-11-33(18)25-5-3-4-24(30-25)27(34)31-26-20-12-19-13-21(26)16-28(35,14-19)15-20/h3-9,18-21,26,29,35H,10-17H2,1-2H3,(H,31,34). The zero-order valence-corrected chi connectivity index (χ0v) is 22.8. The minimum atomic E-state index is -3.46. The number of nitrogens with zero attached hydrogens (tertiary/aromatic N) is 3. The van der Waals surface area contributed by atoms with E-state index in [1.165, 1.54) is 7.05 Å². The highest BCUT2D eigenvalue weighted by Crippen LogP contribution is 2.55. The van der Waals surface area contributed by atoms with Crippen molar-refractivity contribution >= 4 is 27.4 Å². The lowest BCUT2D eigenvalue weighted by atomic mass is 9.52. The van der Waals surface area contributed by atoms with Gasteiger partial charge in [0.15, 0.2) is 0 Å². The first-order chi connectivity index (χ1) is 18.1. The van der Waals surface area contributed by atoms with Crippen LogP contribution in [0.2, 0.25) is 0 Å². The van der Waals surface area contributed by atoms with Crippen LogP contribution in [-0.4, -0.2) is 68.8 Å². The Morgan fingerprint density at radius 1 is 1.05 bits per heavy atom. The molecule has 4 saturated carbocycles. The number of carbonyl (C=O) groups is 1. The summed E-state index contributed by atoms with van der Waals surface area (Å²) in [6.45, 7) is 4.39. The third-order valence-electron chi connectivity index (χ3n) is 9.21. The average molecular weight is 540 g/mol. The maximum atomic E-state index is 13.3. The van der Waals surface area contributed by atoms with Crippen molar-refractivity contribution in [3.05, 3.63) is 48.2 Å². The molecule has 5 fully saturated rings. The van der Waals surface area contributed by atoms with Gasteiger partial charge in [0.2, 0.25) is 10.0 Å². The Labute approximate surface area is 224 Å². The molecule has 1 aromatic heterocycles. The second kappa shape index (κ2) is 9.50. The molecule has 2 heterocycles. The highest BCUT2D eigenvalue weighted by atomic mass is 32.2. The molecule has 5 aliphatic rings. The molecule has 3 N–H and O–H groups in total. The molecule has 0 spiro atoms. The van der Waals surface area contributed by atoms with Crippen LogP contribution in [0.15, 0.2) is 47.4 Å². The van der Waals surface area contributed by atoms with Crippen LogP contribution >= 0.6 is 0 Å². The normalized spacial score (nSPS) is 32.4. The molecule has 3 atom stereocenters. The predicted molar refractivity (Wildman–Crippen MR) is 146 cm³/mol. The Kier molecular flexibility index (Phi) is 6.39. The fourth-order valence-corrected chi connectivity index (χ4v) is 8.37. The second-order valence-electron chi connectivity index (χ2n) is 11.8. The lowest BCUT2D eigenvalue weighted by Crippen LogP contribution is -2.61. The largest absolute Gasteiger partial charge is 0.390 e. The number of piperazine rings is 1. The van der Waals surface area contributed by atoms with E-state index >= 15 is 0 Å². The van der Waals surface area contributed by atoms with Crippen molar-refractivity contribution in [2.45, 2.75) is 61.6 Å². The Bertz CT molecular complexity index is 1300. The summed E-state index contributed by atoms with van der Waals surface area (Å²) in [6.07, 6.45) is 4.74. The molecule has 3 unspecified atom stereocenters. The number of sulfonamides is 1. The molecule has 1 aliphatic heterocycles. The number of pyridine rings is 1. The van der Waals surface area contributed by atoms with Crippen LogP contribution in [0.4, 0.5) is 11.5 Å². The summed E-state index contributed by atoms with van der Waals surface area (Å²) in [5, 5.41) is 14.2. The summed E-state index contributed by atoms with van der Waals surface area (Å²) >= 11 is 0. The van der Waals surface area contributed by atoms with Gasteiger partial charge in [-0.05, 0) is 100 Å². The Balaban J connectivity index is 1.11. The highest BCUT2D eigenvalue weighted by molar-refractivity contribution is 7.89. The summed E-state index contributed by atoms with van der Waals surface area (Å²) < 4.78 is 26.4. The van der Waals surface area contributed by atoms with E-state index in [4.69, 9.17) is 4.98 Å². The number of hydrogen-bond acceptors (Lipinski definition) is 7. The molecule has 4 bridgehead atoms. The summed E-state index contributed by atoms with van der Waals surface area (Å²) in [7, 11) is -2.05. The molecule has 1 saturated heterocycles. The van der Waals surface area contributed by atoms with Gasteiger partial charge in [0.1, 0.15) is 11.5 Å². The topological polar surface area (TPSA) is 115 Å². The van der Waals surface area contributed by atoms with Gasteiger partial charge in [-0.25, -0.2) is 18.1 Å². The van der Waals surface area contributed by atoms with Crippen LogP contribution in [0.1, 0.15) is 49.5 Å². The van der Waals surface area contributed by atoms with E-state index in [0.717, 1.165) is 63.2 Å². The van der Waals surface area contributed by atoms with Crippen molar-refractivity contribution in [3.8, 4) is 0 Å². The van der Waals surface area contributed by atoms with Crippen LogP contribution < -0.4 is 19.8 Å². The number of nitrogens with one attached hydrogen (secondary N) is 2. The van der Waals surface area contributed by atoms with E-state index < -0.39 is 15.6 Å². The summed E-state index contributed by atoms with van der Waals surface area (Å²) in [6, 6.07) is 12.9. The second-order valence-corrected chi connectivity index (χ2v) is 13.7. The minimum absolute atomic E-state index is 0.126. The van der Waals surface area contributed by atoms with Gasteiger partial charge in [0, 0.05) is 37.4 Å². The van der Waals surface area contributed by atoms with Crippen LogP contribution in [0.3, 0.4) is 0 Å². The maximum absolute atomic E-state index is 13.3. The van der Waals surface area contributed by atoms with Gasteiger partial charge >= 0.3 is 0 Å². The highest BCUT2D eigenvalue weighted by Gasteiger charge is 2.55. The summed E-state index contributed by atoms with van der Waals surface area (Å²) in [5.41, 5.74) is 0.902. The molecule has 0 radical (unpaired) electrons. The Hall–Kier alpha value is -2.69. The number of carbonyl (C=O) groups excluding carboxylic acids is 1. The lowest BCUT2D eigenvalue weighted by molar-refractivity contribution is -0.136. The van der Waals surface area contributed by atoms with Gasteiger partial charge in [-0.1, -0.05) is 6.07 Å². The first-order valence-corrected chi connectivity index (χ1v) is 15.2. The van der Waals surface area contributed by atoms with E-state index in [0.29, 0.717) is 23.4 Å². The van der Waals surface area contributed by atoms with Gasteiger partial charge in [-0.15, -0.1) is 0 Å². The number of amides is 1. The molecule has 2 aromatic rings. The third-order valence-corrected chi connectivity index (χ3v) is 10.6. The molecular formula is C28H37N5O4S. The zero-order valence-electron chi connectivity index (χ0n) is 22.0. The molecule has 10 heteroatoms. The molecule has 1 aromatic carbocycles. The zero-order chi connectivity index (χ0) is 26.7. The fourth-order valence-electron chi connectivity index (χ4n) is 7.64. The van der Waals surface area contributed by atoms with Crippen LogP contribution in [0, 0.1) is 17.8 Å². The van der Waals surface area contributed by atoms with Crippen LogP contribution in [0.5, 0.6) is 0 Å². The first kappa shape index (κ1) is 25.6. The van der Waals surface area contributed by atoms with Crippen molar-refractivity contribution < 1.29 is 18.3 Å². The van der Waals surface area contributed by atoms with E-state index in [9.17, 15) is 18.3 Å². The van der Waals surface area contributed by atoms with Gasteiger partial charge in [0.25, 0.3) is 5.91 Å². The molecule has 4 aliphatic carbocycles. The average Bonchev–Trinajstić information content (AvgIpc) is 2.90. The summed E-state index contributed by atoms with van der Waals surface area (Å²) in [4.78, 5) is 22.8. The SMILES string of the molecule is CNS(=O)(=O)c1ccc(N2CCN(c3cccc(C(=O)NC4C5CC6CC4CC(O)(C6)C5)n3)C(C)C2)cc1. The number of anilines is 2. The molecular weight excluding hydrogens is 502 g/mol. The van der Waals surface area contributed by atoms with Crippen molar-refractivity contribution in [2.24, 2.45) is 17.8 Å². The van der Waals surface area contributed by atoms with Gasteiger partial charge in [0.05, 0.1) is 10.5 Å². The maximum Gasteiger partial charge on any atom is 0.270 e. The summed E-state index contributed by atoms with van der Waals surface area (Å²) in [5.74, 6) is 1.99. The third kappa shape index (κ3) is 4.67. The molecule has 204 valence electrons. The van der Waals surface area contributed by atoms with Crippen molar-refractivity contribution in [2.75, 3.05) is 36.5 Å². The van der Waals surface area contributed by atoms with E-state index in [1.807, 2.05) is 24.3 Å². The molecule has 9 nitrogen and oxygen atoms in total. The number of benzene rings is 1. The lowest BCUT2D eigenvalue weighted by Gasteiger charge is -2.58. The van der Waals surface area contributed by atoms with E-state index in [2.05, 4.69) is 26.8 Å². The van der Waals surface area contributed by atoms with Crippen molar-refractivity contribution in [3.63, 3.8) is 0 Å². The molecule has 38 heavy (non-hydrogen) atoms. The van der Waals surface area contributed by atoms with Crippen molar-refractivity contribution in [1.29, 1.82) is 0 Å². The first-order valence-electron chi connectivity index (χ1n) is 13.7. The smallest absolute Gasteiger partial charge is 0.270 e. The van der Waals surface area contributed by atoms with Gasteiger partial charge in [-0.3, -0.25) is 4.79 Å². The number of rotatable bonds is 6. The number of aromatic nitrogens is 1. The monoisotopic (exact) mass is 539 g/mol. The fraction of sp³-hybridized carbons (Fsp3) is 0.571. The van der Waals surface area contributed by atoms with E-state index in [-0.39, 0.29) is 22.9 Å². The quantitative estimate of drug-likeness (QED) is 0.516. The van der Waals surface area contributed by atoms with Gasteiger partial charge < -0.3 is 20.2 Å². The predicted octanol–water partition coefficient (Wildman–Crippen LogP) is 2.37.